The lowest BCUT2D eigenvalue weighted by Gasteiger charge is -2.24. The second-order valence-corrected chi connectivity index (χ2v) is 7.67. The third-order valence-corrected chi connectivity index (χ3v) is 5.75. The number of amides is 1. The Labute approximate surface area is 185 Å². The van der Waals surface area contributed by atoms with E-state index in [1.54, 1.807) is 27.8 Å². The number of rotatable bonds is 4. The molecule has 7 nitrogen and oxygen atoms in total. The van der Waals surface area contributed by atoms with E-state index < -0.39 is 5.97 Å². The van der Waals surface area contributed by atoms with Crippen molar-refractivity contribution in [2.24, 2.45) is 0 Å². The Bertz CT molecular complexity index is 1280. The lowest BCUT2D eigenvalue weighted by atomic mass is 10.0. The van der Waals surface area contributed by atoms with Crippen LogP contribution in [0.2, 0.25) is 0 Å². The average Bonchev–Trinajstić information content (AvgIpc) is 3.17. The maximum Gasteiger partial charge on any atom is 0.338 e. The number of anilines is 2. The van der Waals surface area contributed by atoms with Gasteiger partial charge in [0.2, 0.25) is 0 Å². The molecule has 0 unspecified atom stereocenters. The van der Waals surface area contributed by atoms with Crippen LogP contribution in [0, 0.1) is 0 Å². The topological polar surface area (TPSA) is 77.3 Å². The van der Waals surface area contributed by atoms with E-state index in [1.165, 1.54) is 0 Å². The van der Waals surface area contributed by atoms with Crippen LogP contribution in [-0.2, 0) is 28.9 Å². The zero-order valence-electron chi connectivity index (χ0n) is 17.7. The molecule has 1 aliphatic rings. The van der Waals surface area contributed by atoms with Crippen molar-refractivity contribution in [3.8, 4) is 0 Å². The van der Waals surface area contributed by atoms with Crippen LogP contribution in [0.4, 0.5) is 11.4 Å². The number of aryl methyl sites for hydroxylation is 3. The van der Waals surface area contributed by atoms with Crippen LogP contribution in [0.3, 0.4) is 0 Å². The van der Waals surface area contributed by atoms with Gasteiger partial charge >= 0.3 is 5.97 Å². The number of ether oxygens (including phenoxy) is 1. The van der Waals surface area contributed by atoms with Crippen LogP contribution in [0.25, 0.3) is 11.0 Å². The number of hydrogen-bond donors (Lipinski definition) is 0. The minimum atomic E-state index is -0.567. The molecular weight excluding hydrogens is 404 g/mol. The number of benzene rings is 3. The molecule has 1 aromatic heterocycles. The summed E-state index contributed by atoms with van der Waals surface area (Å²) in [5.41, 5.74) is 5.64. The minimum absolute atomic E-state index is 0.293. The molecule has 0 spiro atoms. The fraction of sp³-hybridized carbons (Fsp3) is 0.200. The van der Waals surface area contributed by atoms with Crippen LogP contribution >= 0.6 is 0 Å². The molecule has 0 radical (unpaired) electrons. The van der Waals surface area contributed by atoms with Crippen LogP contribution < -0.4 is 4.90 Å². The lowest BCUT2D eigenvalue weighted by molar-refractivity contribution is -0.120. The molecule has 0 N–H and O–H groups in total. The molecule has 1 aliphatic heterocycles. The Morgan fingerprint density at radius 2 is 1.59 bits per heavy atom. The minimum Gasteiger partial charge on any atom is -0.452 e. The molecule has 7 heteroatoms. The molecule has 0 aliphatic carbocycles. The van der Waals surface area contributed by atoms with Crippen molar-refractivity contribution in [2.75, 3.05) is 11.5 Å². The van der Waals surface area contributed by atoms with E-state index in [9.17, 15) is 9.59 Å². The standard InChI is InChI=1S/C25H22N4O3/c1-2-28-23-14-13-19(15-20(23)26-27-28)25(31)32-16-24(30)29-21-9-5-3-7-17(21)11-12-18-8-4-6-10-22(18)29/h3-10,13-15H,2,11-12,16H2,1H3. The number of nitrogens with zero attached hydrogens (tertiary/aromatic N) is 4. The van der Waals surface area contributed by atoms with Gasteiger partial charge in [-0.3, -0.25) is 9.69 Å². The summed E-state index contributed by atoms with van der Waals surface area (Å²) in [7, 11) is 0. The van der Waals surface area contributed by atoms with Crippen molar-refractivity contribution in [3.63, 3.8) is 0 Å². The molecule has 0 fully saturated rings. The first-order valence-electron chi connectivity index (χ1n) is 10.6. The van der Waals surface area contributed by atoms with Gasteiger partial charge in [0.05, 0.1) is 22.5 Å². The number of aromatic nitrogens is 3. The van der Waals surface area contributed by atoms with Gasteiger partial charge in [-0.1, -0.05) is 41.6 Å². The zero-order valence-corrected chi connectivity index (χ0v) is 17.7. The van der Waals surface area contributed by atoms with Crippen molar-refractivity contribution in [1.82, 2.24) is 15.0 Å². The number of fused-ring (bicyclic) bond motifs is 3. The number of para-hydroxylation sites is 2. The van der Waals surface area contributed by atoms with Crippen LogP contribution in [-0.4, -0.2) is 33.5 Å². The first kappa shape index (κ1) is 19.9. The third kappa shape index (κ3) is 3.51. The summed E-state index contributed by atoms with van der Waals surface area (Å²) in [6, 6.07) is 20.8. The van der Waals surface area contributed by atoms with Gasteiger partial charge in [-0.05, 0) is 61.2 Å². The quantitative estimate of drug-likeness (QED) is 0.460. The van der Waals surface area contributed by atoms with Gasteiger partial charge in [-0.15, -0.1) is 5.10 Å². The predicted molar refractivity (Wildman–Crippen MR) is 121 cm³/mol. The average molecular weight is 426 g/mol. The summed E-state index contributed by atoms with van der Waals surface area (Å²) in [6.07, 6.45) is 1.68. The molecule has 0 atom stereocenters. The van der Waals surface area contributed by atoms with E-state index in [-0.39, 0.29) is 12.5 Å². The molecule has 0 saturated heterocycles. The number of carbonyl (C=O) groups is 2. The Hall–Kier alpha value is -4.00. The highest BCUT2D eigenvalue weighted by Gasteiger charge is 2.26. The molecule has 5 rings (SSSR count). The summed E-state index contributed by atoms with van der Waals surface area (Å²) < 4.78 is 7.16. The van der Waals surface area contributed by atoms with Crippen LogP contribution in [0.5, 0.6) is 0 Å². The van der Waals surface area contributed by atoms with Gasteiger partial charge < -0.3 is 4.74 Å². The summed E-state index contributed by atoms with van der Waals surface area (Å²) in [5.74, 6) is -0.860. The van der Waals surface area contributed by atoms with Crippen molar-refractivity contribution < 1.29 is 14.3 Å². The highest BCUT2D eigenvalue weighted by molar-refractivity contribution is 6.04. The van der Waals surface area contributed by atoms with Crippen molar-refractivity contribution >= 4 is 34.3 Å². The largest absolute Gasteiger partial charge is 0.452 e. The summed E-state index contributed by atoms with van der Waals surface area (Å²) in [4.78, 5) is 27.6. The Balaban J connectivity index is 1.39. The maximum absolute atomic E-state index is 13.3. The SMILES string of the molecule is CCn1nnc2cc(C(=O)OCC(=O)N3c4ccccc4CCc4ccccc43)ccc21. The Morgan fingerprint density at radius 3 is 2.25 bits per heavy atom. The monoisotopic (exact) mass is 426 g/mol. The molecule has 0 bridgehead atoms. The Morgan fingerprint density at radius 1 is 0.938 bits per heavy atom. The number of carbonyl (C=O) groups excluding carboxylic acids is 2. The summed E-state index contributed by atoms with van der Waals surface area (Å²) in [6.45, 7) is 2.30. The van der Waals surface area contributed by atoms with Crippen molar-refractivity contribution in [1.29, 1.82) is 0 Å². The molecule has 160 valence electrons. The molecule has 32 heavy (non-hydrogen) atoms. The number of hydrogen-bond acceptors (Lipinski definition) is 5. The van der Waals surface area contributed by atoms with E-state index in [0.717, 1.165) is 40.9 Å². The molecule has 2 heterocycles. The summed E-state index contributed by atoms with van der Waals surface area (Å²) in [5, 5.41) is 8.15. The van der Waals surface area contributed by atoms with Gasteiger partial charge in [-0.25, -0.2) is 9.48 Å². The smallest absolute Gasteiger partial charge is 0.338 e. The van der Waals surface area contributed by atoms with Gasteiger partial charge in [0.25, 0.3) is 5.91 Å². The van der Waals surface area contributed by atoms with Crippen LogP contribution in [0.1, 0.15) is 28.4 Å². The molecule has 3 aromatic carbocycles. The lowest BCUT2D eigenvalue weighted by Crippen LogP contribution is -2.31. The second-order valence-electron chi connectivity index (χ2n) is 7.67. The van der Waals surface area contributed by atoms with Gasteiger partial charge in [0, 0.05) is 6.54 Å². The third-order valence-electron chi connectivity index (χ3n) is 5.75. The first-order valence-corrected chi connectivity index (χ1v) is 10.6. The fourth-order valence-corrected chi connectivity index (χ4v) is 4.16. The maximum atomic E-state index is 13.3. The Kier molecular flexibility index (Phi) is 5.15. The predicted octanol–water partition coefficient (Wildman–Crippen LogP) is 4.07. The molecule has 0 saturated carbocycles. The van der Waals surface area contributed by atoms with Crippen molar-refractivity contribution in [3.05, 3.63) is 83.4 Å². The normalized spacial score (nSPS) is 12.7. The van der Waals surface area contributed by atoms with Crippen LogP contribution in [0.15, 0.2) is 66.7 Å². The zero-order chi connectivity index (χ0) is 22.1. The molecule has 1 amide bonds. The van der Waals surface area contributed by atoms with E-state index >= 15 is 0 Å². The summed E-state index contributed by atoms with van der Waals surface area (Å²) >= 11 is 0. The van der Waals surface area contributed by atoms with Gasteiger partial charge in [-0.2, -0.15) is 0 Å². The van der Waals surface area contributed by atoms with E-state index in [1.807, 2.05) is 55.5 Å². The van der Waals surface area contributed by atoms with Gasteiger partial charge in [0.15, 0.2) is 6.61 Å². The molecule has 4 aromatic rings. The van der Waals surface area contributed by atoms with Gasteiger partial charge in [0.1, 0.15) is 5.52 Å². The van der Waals surface area contributed by atoms with E-state index in [2.05, 4.69) is 10.3 Å². The van der Waals surface area contributed by atoms with E-state index in [4.69, 9.17) is 4.74 Å². The number of esters is 1. The first-order chi connectivity index (χ1) is 15.7. The highest BCUT2D eigenvalue weighted by Crippen LogP contribution is 2.36. The molecular formula is C25H22N4O3. The van der Waals surface area contributed by atoms with E-state index in [0.29, 0.717) is 17.6 Å². The fourth-order valence-electron chi connectivity index (χ4n) is 4.16. The highest BCUT2D eigenvalue weighted by atomic mass is 16.5. The second kappa shape index (κ2) is 8.26. The van der Waals surface area contributed by atoms with Crippen molar-refractivity contribution in [2.45, 2.75) is 26.3 Å².